The number of amides is 3. The van der Waals surface area contributed by atoms with E-state index in [4.69, 9.17) is 5.73 Å². The largest absolute Gasteiger partial charge is 0.369 e. The van der Waals surface area contributed by atoms with Crippen LogP contribution in [0.3, 0.4) is 0 Å². The third-order valence-electron chi connectivity index (χ3n) is 3.89. The number of aromatic nitrogens is 2. The van der Waals surface area contributed by atoms with Gasteiger partial charge in [0.2, 0.25) is 11.8 Å². The molecule has 0 unspecified atom stereocenters. The summed E-state index contributed by atoms with van der Waals surface area (Å²) in [6.45, 7) is 4.67. The summed E-state index contributed by atoms with van der Waals surface area (Å²) in [5.74, 6) is -1.40. The molecule has 0 bridgehead atoms. The highest BCUT2D eigenvalue weighted by atomic mass is 32.1. The first kappa shape index (κ1) is 17.3. The van der Waals surface area contributed by atoms with E-state index in [0.29, 0.717) is 30.1 Å². The molecule has 2 rings (SSSR count). The van der Waals surface area contributed by atoms with Crippen molar-refractivity contribution in [2.45, 2.75) is 26.7 Å². The predicted molar refractivity (Wildman–Crippen MR) is 84.7 cm³/mol. The second-order valence-electron chi connectivity index (χ2n) is 5.61. The van der Waals surface area contributed by atoms with Gasteiger partial charge in [-0.1, -0.05) is 17.8 Å². The Labute approximate surface area is 138 Å². The molecule has 1 saturated heterocycles. The third-order valence-corrected chi connectivity index (χ3v) is 4.65. The van der Waals surface area contributed by atoms with E-state index < -0.39 is 11.8 Å². The molecule has 3 amide bonds. The van der Waals surface area contributed by atoms with Crippen molar-refractivity contribution in [1.29, 1.82) is 0 Å². The number of carbonyl (C=O) groups excluding carboxylic acids is 3. The fraction of sp³-hybridized carbons (Fsp3) is 0.643. The van der Waals surface area contributed by atoms with Crippen LogP contribution in [-0.2, 0) is 16.0 Å². The van der Waals surface area contributed by atoms with Crippen molar-refractivity contribution < 1.29 is 14.4 Å². The van der Waals surface area contributed by atoms with E-state index >= 15 is 0 Å². The highest BCUT2D eigenvalue weighted by molar-refractivity contribution is 7.08. The van der Waals surface area contributed by atoms with Crippen molar-refractivity contribution in [3.8, 4) is 0 Å². The molecule has 1 atom stereocenters. The molecule has 8 nitrogen and oxygen atoms in total. The molecule has 0 aliphatic carbocycles. The van der Waals surface area contributed by atoms with Crippen LogP contribution < -0.4 is 5.73 Å². The Balaban J connectivity index is 2.20. The lowest BCUT2D eigenvalue weighted by atomic mass is 10.1. The van der Waals surface area contributed by atoms with Gasteiger partial charge >= 0.3 is 0 Å². The molecule has 23 heavy (non-hydrogen) atoms. The van der Waals surface area contributed by atoms with Crippen molar-refractivity contribution in [2.75, 3.05) is 26.2 Å². The topological polar surface area (TPSA) is 109 Å². The van der Waals surface area contributed by atoms with Gasteiger partial charge in [-0.15, -0.1) is 5.10 Å². The minimum absolute atomic E-state index is 0.128. The van der Waals surface area contributed by atoms with E-state index in [1.165, 1.54) is 6.92 Å². The second kappa shape index (κ2) is 7.49. The molecule has 1 aromatic rings. The highest BCUT2D eigenvalue weighted by Crippen LogP contribution is 2.18. The monoisotopic (exact) mass is 339 g/mol. The van der Waals surface area contributed by atoms with E-state index in [-0.39, 0.29) is 24.9 Å². The van der Waals surface area contributed by atoms with Crippen molar-refractivity contribution in [3.63, 3.8) is 0 Å². The Bertz CT molecular complexity index is 603. The number of aryl methyl sites for hydroxylation is 1. The summed E-state index contributed by atoms with van der Waals surface area (Å²) in [4.78, 5) is 39.6. The molecule has 1 aliphatic heterocycles. The molecule has 2 heterocycles. The van der Waals surface area contributed by atoms with Gasteiger partial charge in [-0.2, -0.15) is 0 Å². The van der Waals surface area contributed by atoms with Crippen LogP contribution in [0.4, 0.5) is 0 Å². The molecular formula is C14H21N5O3S. The Hall–Kier alpha value is -2.03. The Morgan fingerprint density at radius 3 is 2.52 bits per heavy atom. The smallest absolute Gasteiger partial charge is 0.267 e. The summed E-state index contributed by atoms with van der Waals surface area (Å²) >= 11 is 1.07. The highest BCUT2D eigenvalue weighted by Gasteiger charge is 2.31. The van der Waals surface area contributed by atoms with Crippen LogP contribution in [0.2, 0.25) is 0 Å². The van der Waals surface area contributed by atoms with Gasteiger partial charge in [0.05, 0.1) is 11.6 Å². The van der Waals surface area contributed by atoms with Gasteiger partial charge in [0.1, 0.15) is 4.88 Å². The van der Waals surface area contributed by atoms with Crippen LogP contribution >= 0.6 is 11.5 Å². The number of carbonyl (C=O) groups is 3. The molecule has 0 spiro atoms. The van der Waals surface area contributed by atoms with Gasteiger partial charge in [0, 0.05) is 33.1 Å². The summed E-state index contributed by atoms with van der Waals surface area (Å²) in [7, 11) is 0. The van der Waals surface area contributed by atoms with E-state index in [1.807, 2.05) is 6.92 Å². The molecular weight excluding hydrogens is 318 g/mol. The maximum atomic E-state index is 12.8. The van der Waals surface area contributed by atoms with Gasteiger partial charge in [-0.05, 0) is 18.0 Å². The standard InChI is InChI=1S/C14H21N5O3S/c1-3-4-11-12(23-17-16-11)14(22)19-6-5-18(9(2)20)7-10(8-19)13(15)21/h10H,3-8H2,1-2H3,(H2,15,21)/t10-/m1/s1. The maximum absolute atomic E-state index is 12.8. The van der Waals surface area contributed by atoms with Gasteiger partial charge in [0.15, 0.2) is 0 Å². The summed E-state index contributed by atoms with van der Waals surface area (Å²) in [5, 5.41) is 4.01. The Morgan fingerprint density at radius 2 is 1.91 bits per heavy atom. The normalized spacial score (nSPS) is 18.6. The second-order valence-corrected chi connectivity index (χ2v) is 6.37. The number of primary amides is 1. The lowest BCUT2D eigenvalue weighted by Gasteiger charge is -2.21. The molecule has 1 aromatic heterocycles. The predicted octanol–water partition coefficient (Wildman–Crippen LogP) is -0.104. The van der Waals surface area contributed by atoms with Gasteiger partial charge < -0.3 is 15.5 Å². The SMILES string of the molecule is CCCc1nnsc1C(=O)N1CCN(C(C)=O)C[C@@H](C(N)=O)C1. The maximum Gasteiger partial charge on any atom is 0.267 e. The Morgan fingerprint density at radius 1 is 1.26 bits per heavy atom. The van der Waals surface area contributed by atoms with Crippen LogP contribution in [0.25, 0.3) is 0 Å². The minimum atomic E-state index is -0.569. The lowest BCUT2D eigenvalue weighted by molar-refractivity contribution is -0.130. The van der Waals surface area contributed by atoms with Gasteiger partial charge in [0.25, 0.3) is 5.91 Å². The van der Waals surface area contributed by atoms with Crippen molar-refractivity contribution in [2.24, 2.45) is 11.7 Å². The van der Waals surface area contributed by atoms with Crippen LogP contribution in [0.1, 0.15) is 35.6 Å². The molecule has 0 saturated carbocycles. The molecule has 0 aromatic carbocycles. The summed E-state index contributed by atoms with van der Waals surface area (Å²) in [6.07, 6.45) is 1.55. The van der Waals surface area contributed by atoms with E-state index in [9.17, 15) is 14.4 Å². The number of hydrogen-bond acceptors (Lipinski definition) is 6. The van der Waals surface area contributed by atoms with E-state index in [1.54, 1.807) is 9.80 Å². The van der Waals surface area contributed by atoms with Crippen molar-refractivity contribution in [3.05, 3.63) is 10.6 Å². The molecule has 9 heteroatoms. The number of nitrogens with two attached hydrogens (primary N) is 1. The van der Waals surface area contributed by atoms with Crippen LogP contribution in [0.5, 0.6) is 0 Å². The van der Waals surface area contributed by atoms with E-state index in [2.05, 4.69) is 9.59 Å². The molecule has 2 N–H and O–H groups in total. The summed E-state index contributed by atoms with van der Waals surface area (Å²) in [5.41, 5.74) is 6.11. The fourth-order valence-corrected chi connectivity index (χ4v) is 3.26. The molecule has 126 valence electrons. The molecule has 1 aliphatic rings. The number of rotatable bonds is 4. The summed E-state index contributed by atoms with van der Waals surface area (Å²) < 4.78 is 3.87. The fourth-order valence-electron chi connectivity index (χ4n) is 2.58. The Kier molecular flexibility index (Phi) is 5.64. The van der Waals surface area contributed by atoms with Gasteiger partial charge in [-0.3, -0.25) is 14.4 Å². The lowest BCUT2D eigenvalue weighted by Crippen LogP contribution is -2.40. The number of hydrogen-bond donors (Lipinski definition) is 1. The third kappa shape index (κ3) is 4.04. The first-order chi connectivity index (χ1) is 10.9. The van der Waals surface area contributed by atoms with E-state index in [0.717, 1.165) is 18.0 Å². The average Bonchev–Trinajstić information content (AvgIpc) is 2.83. The summed E-state index contributed by atoms with van der Waals surface area (Å²) in [6, 6.07) is 0. The zero-order valence-corrected chi connectivity index (χ0v) is 14.1. The zero-order valence-electron chi connectivity index (χ0n) is 13.3. The van der Waals surface area contributed by atoms with Crippen LogP contribution in [0.15, 0.2) is 0 Å². The first-order valence-electron chi connectivity index (χ1n) is 7.59. The number of nitrogens with zero attached hydrogens (tertiary/aromatic N) is 4. The first-order valence-corrected chi connectivity index (χ1v) is 8.36. The van der Waals surface area contributed by atoms with Crippen LogP contribution in [0, 0.1) is 5.92 Å². The minimum Gasteiger partial charge on any atom is -0.369 e. The van der Waals surface area contributed by atoms with Crippen molar-refractivity contribution in [1.82, 2.24) is 19.4 Å². The zero-order chi connectivity index (χ0) is 17.0. The average molecular weight is 339 g/mol. The quantitative estimate of drug-likeness (QED) is 0.823. The molecule has 0 radical (unpaired) electrons. The van der Waals surface area contributed by atoms with Crippen molar-refractivity contribution >= 4 is 29.3 Å². The van der Waals surface area contributed by atoms with Crippen LogP contribution in [-0.4, -0.2) is 63.3 Å². The molecule has 1 fully saturated rings. The van der Waals surface area contributed by atoms with Gasteiger partial charge in [-0.25, -0.2) is 0 Å².